The Kier molecular flexibility index (Phi) is 14.9. The molecule has 3 aromatic carbocycles. The van der Waals surface area contributed by atoms with Gasteiger partial charge in [0, 0.05) is 63.5 Å². The predicted octanol–water partition coefficient (Wildman–Crippen LogP) is 6.44. The summed E-state index contributed by atoms with van der Waals surface area (Å²) in [7, 11) is 5.64. The van der Waals surface area contributed by atoms with Gasteiger partial charge in [-0.25, -0.2) is 4.79 Å². The highest BCUT2D eigenvalue weighted by Crippen LogP contribution is 2.39. The summed E-state index contributed by atoms with van der Waals surface area (Å²) in [4.78, 5) is 43.1. The largest absolute Gasteiger partial charge is 0.465 e. The van der Waals surface area contributed by atoms with Gasteiger partial charge in [-0.3, -0.25) is 14.9 Å². The molecule has 1 aliphatic heterocycles. The Labute approximate surface area is 291 Å². The summed E-state index contributed by atoms with van der Waals surface area (Å²) in [6, 6.07) is 23.6. The van der Waals surface area contributed by atoms with Crippen LogP contribution in [0.25, 0.3) is 11.1 Å². The second-order valence-electron chi connectivity index (χ2n) is 13.0. The summed E-state index contributed by atoms with van der Waals surface area (Å²) in [5.41, 5.74) is 5.31. The molecule has 49 heavy (non-hydrogen) atoms. The number of benzene rings is 3. The molecule has 0 aromatic heterocycles. The van der Waals surface area contributed by atoms with E-state index in [0.717, 1.165) is 100 Å². The second-order valence-corrected chi connectivity index (χ2v) is 13.0. The molecule has 3 aromatic rings. The Balaban J connectivity index is 1.12. The third kappa shape index (κ3) is 11.6. The van der Waals surface area contributed by atoms with E-state index in [2.05, 4.69) is 26.9 Å². The number of carbonyl (C=O) groups is 3. The number of hydrogen-bond donors (Lipinski definition) is 4. The van der Waals surface area contributed by atoms with Crippen LogP contribution in [0.4, 0.5) is 16.2 Å². The highest BCUT2D eigenvalue weighted by Gasteiger charge is 2.25. The number of rotatable bonds is 18. The van der Waals surface area contributed by atoms with E-state index in [0.29, 0.717) is 24.2 Å². The van der Waals surface area contributed by atoms with Gasteiger partial charge >= 0.3 is 6.09 Å². The summed E-state index contributed by atoms with van der Waals surface area (Å²) < 4.78 is 0. The molecule has 0 aliphatic carbocycles. The van der Waals surface area contributed by atoms with Gasteiger partial charge in [-0.05, 0) is 100 Å². The van der Waals surface area contributed by atoms with Crippen LogP contribution in [0.2, 0.25) is 0 Å². The molecule has 0 atom stereocenters. The zero-order valence-corrected chi connectivity index (χ0v) is 29.4. The number of carboxylic acid groups (broad SMARTS) is 1. The maximum atomic E-state index is 12.8. The lowest BCUT2D eigenvalue weighted by atomic mass is 9.86. The zero-order chi connectivity index (χ0) is 35.0. The van der Waals surface area contributed by atoms with Gasteiger partial charge in [-0.15, -0.1) is 0 Å². The van der Waals surface area contributed by atoms with E-state index in [1.165, 1.54) is 0 Å². The van der Waals surface area contributed by atoms with Crippen LogP contribution in [0.1, 0.15) is 66.8 Å². The van der Waals surface area contributed by atoms with Crippen molar-refractivity contribution in [1.82, 2.24) is 20.0 Å². The molecule has 10 nitrogen and oxygen atoms in total. The van der Waals surface area contributed by atoms with Crippen molar-refractivity contribution in [1.29, 1.82) is 0 Å². The minimum absolute atomic E-state index is 0.0357. The number of anilines is 2. The van der Waals surface area contributed by atoms with E-state index in [9.17, 15) is 19.5 Å². The van der Waals surface area contributed by atoms with Crippen LogP contribution in [0, 0.1) is 0 Å². The monoisotopic (exact) mass is 670 g/mol. The first-order valence-electron chi connectivity index (χ1n) is 17.7. The lowest BCUT2D eigenvalue weighted by Gasteiger charge is -2.34. The van der Waals surface area contributed by atoms with Crippen molar-refractivity contribution in [2.24, 2.45) is 0 Å². The summed E-state index contributed by atoms with van der Waals surface area (Å²) in [6.07, 6.45) is 5.10. The highest BCUT2D eigenvalue weighted by molar-refractivity contribution is 5.94. The molecule has 0 radical (unpaired) electrons. The Bertz CT molecular complexity index is 1470. The first kappa shape index (κ1) is 37.4. The summed E-state index contributed by atoms with van der Waals surface area (Å²) in [6.45, 7) is 5.79. The van der Waals surface area contributed by atoms with Gasteiger partial charge in [-0.2, -0.15) is 0 Å². The molecule has 4 N–H and O–H groups in total. The van der Waals surface area contributed by atoms with Crippen molar-refractivity contribution in [2.45, 2.75) is 50.9 Å². The lowest BCUT2D eigenvalue weighted by Crippen LogP contribution is -2.40. The number of unbranched alkanes of at least 4 members (excludes halogenated alkanes) is 2. The minimum Gasteiger partial charge on any atom is -0.465 e. The predicted molar refractivity (Wildman–Crippen MR) is 198 cm³/mol. The third-order valence-corrected chi connectivity index (χ3v) is 9.41. The van der Waals surface area contributed by atoms with Gasteiger partial charge < -0.3 is 30.4 Å². The van der Waals surface area contributed by atoms with Gasteiger partial charge in [0.1, 0.15) is 0 Å². The number of piperidine rings is 1. The molecule has 0 bridgehead atoms. The SMILES string of the molecule is CNCCCN(C)C(=O)c1ccc(NCCCCCC(=O)N(C)CCN2CCC(c3cccc(-c4ccccc4)c3NC(=O)O)CC2)cc1. The molecule has 1 heterocycles. The number of nitrogens with one attached hydrogen (secondary N) is 3. The van der Waals surface area contributed by atoms with Crippen molar-refractivity contribution < 1.29 is 19.5 Å². The van der Waals surface area contributed by atoms with Gasteiger partial charge in [0.2, 0.25) is 5.91 Å². The van der Waals surface area contributed by atoms with E-state index in [1.54, 1.807) is 4.90 Å². The quantitative estimate of drug-likeness (QED) is 0.115. The van der Waals surface area contributed by atoms with E-state index < -0.39 is 6.09 Å². The Morgan fingerprint density at radius 3 is 2.24 bits per heavy atom. The van der Waals surface area contributed by atoms with Crippen molar-refractivity contribution >= 4 is 29.3 Å². The molecule has 1 aliphatic rings. The molecule has 10 heteroatoms. The molecule has 264 valence electrons. The van der Waals surface area contributed by atoms with Crippen LogP contribution in [-0.4, -0.2) is 105 Å². The molecular formula is C39H54N6O4. The number of likely N-dealkylation sites (N-methyl/N-ethyl adjacent to an activating group) is 1. The van der Waals surface area contributed by atoms with Gasteiger partial charge in [-0.1, -0.05) is 55.0 Å². The number of carbonyl (C=O) groups excluding carboxylic acids is 2. The molecular weight excluding hydrogens is 616 g/mol. The molecule has 3 amide bonds. The van der Waals surface area contributed by atoms with Crippen LogP contribution in [0.3, 0.4) is 0 Å². The van der Waals surface area contributed by atoms with Crippen molar-refractivity contribution in [3.63, 3.8) is 0 Å². The minimum atomic E-state index is -1.05. The molecule has 0 saturated carbocycles. The van der Waals surface area contributed by atoms with Crippen LogP contribution in [0.15, 0.2) is 72.8 Å². The van der Waals surface area contributed by atoms with Crippen LogP contribution >= 0.6 is 0 Å². The maximum absolute atomic E-state index is 12.8. The Morgan fingerprint density at radius 2 is 1.55 bits per heavy atom. The first-order valence-corrected chi connectivity index (χ1v) is 17.7. The average molecular weight is 671 g/mol. The number of amides is 3. The van der Waals surface area contributed by atoms with E-state index in [-0.39, 0.29) is 17.7 Å². The van der Waals surface area contributed by atoms with Crippen LogP contribution in [-0.2, 0) is 4.79 Å². The number of likely N-dealkylation sites (tertiary alicyclic amines) is 1. The van der Waals surface area contributed by atoms with Gasteiger partial charge in [0.15, 0.2) is 0 Å². The standard InChI is InChI=1S/C39H54N6O4/c1-40-23-11-25-44(3)38(47)32-17-19-33(20-18-32)41-24-9-5-8-16-36(46)43(2)28-29-45-26-21-31(22-27-45)35-15-10-14-34(37(35)42-39(48)49)30-12-6-4-7-13-30/h4,6-7,10,12-15,17-20,31,40-42H,5,8-9,11,16,21-29H2,1-3H3,(H,48,49). The first-order chi connectivity index (χ1) is 23.8. The maximum Gasteiger partial charge on any atom is 0.409 e. The smallest absolute Gasteiger partial charge is 0.409 e. The fourth-order valence-electron chi connectivity index (χ4n) is 6.45. The fraction of sp³-hybridized carbons (Fsp3) is 0.462. The average Bonchev–Trinajstić information content (AvgIpc) is 3.12. The van der Waals surface area contributed by atoms with E-state index in [4.69, 9.17) is 0 Å². The van der Waals surface area contributed by atoms with Crippen molar-refractivity contribution in [3.8, 4) is 11.1 Å². The van der Waals surface area contributed by atoms with Crippen LogP contribution in [0.5, 0.6) is 0 Å². The Morgan fingerprint density at radius 1 is 0.816 bits per heavy atom. The fourth-order valence-corrected chi connectivity index (χ4v) is 6.45. The number of hydrogen-bond acceptors (Lipinski definition) is 6. The third-order valence-electron chi connectivity index (χ3n) is 9.41. The Hall–Kier alpha value is -4.41. The van der Waals surface area contributed by atoms with E-state index in [1.807, 2.05) is 92.8 Å². The molecule has 0 unspecified atom stereocenters. The topological polar surface area (TPSA) is 117 Å². The number of para-hydroxylation sites is 1. The molecule has 4 rings (SSSR count). The normalized spacial score (nSPS) is 13.5. The highest BCUT2D eigenvalue weighted by atomic mass is 16.4. The van der Waals surface area contributed by atoms with Gasteiger partial charge in [0.25, 0.3) is 5.91 Å². The molecule has 1 fully saturated rings. The van der Waals surface area contributed by atoms with E-state index >= 15 is 0 Å². The van der Waals surface area contributed by atoms with Crippen molar-refractivity contribution in [2.75, 3.05) is 77.6 Å². The van der Waals surface area contributed by atoms with Crippen LogP contribution < -0.4 is 16.0 Å². The second kappa shape index (κ2) is 19.6. The molecule has 0 spiro atoms. The summed E-state index contributed by atoms with van der Waals surface area (Å²) in [5, 5.41) is 18.8. The number of nitrogens with zero attached hydrogens (tertiary/aromatic N) is 3. The summed E-state index contributed by atoms with van der Waals surface area (Å²) >= 11 is 0. The lowest BCUT2D eigenvalue weighted by molar-refractivity contribution is -0.130. The van der Waals surface area contributed by atoms with Crippen molar-refractivity contribution in [3.05, 3.63) is 83.9 Å². The van der Waals surface area contributed by atoms with Gasteiger partial charge in [0.05, 0.1) is 5.69 Å². The molecule has 1 saturated heterocycles. The summed E-state index contributed by atoms with van der Waals surface area (Å²) in [5.74, 6) is 0.485. The zero-order valence-electron chi connectivity index (χ0n) is 29.4.